The van der Waals surface area contributed by atoms with E-state index in [1.807, 2.05) is 41.5 Å². The predicted octanol–water partition coefficient (Wildman–Crippen LogP) is 5.27. The molecule has 0 unspecified atom stereocenters. The summed E-state index contributed by atoms with van der Waals surface area (Å²) in [5.74, 6) is -1.47. The molecule has 0 amide bonds. The molecule has 0 aliphatic carbocycles. The summed E-state index contributed by atoms with van der Waals surface area (Å²) < 4.78 is 0. The van der Waals surface area contributed by atoms with Gasteiger partial charge in [-0.15, -0.1) is 0 Å². The molecule has 0 heterocycles. The second-order valence-electron chi connectivity index (χ2n) is 9.17. The third-order valence-corrected chi connectivity index (χ3v) is 2.47. The molecule has 0 fully saturated rings. The highest BCUT2D eigenvalue weighted by Gasteiger charge is 2.28. The van der Waals surface area contributed by atoms with E-state index in [0.717, 1.165) is 0 Å². The largest absolute Gasteiger partial charge is 0.334 e. The van der Waals surface area contributed by atoms with Crippen molar-refractivity contribution in [2.45, 2.75) is 92.0 Å². The molecule has 0 spiro atoms. The van der Waals surface area contributed by atoms with Crippen LogP contribution in [0.3, 0.4) is 0 Å². The second kappa shape index (κ2) is 9.39. The molecule has 28 heavy (non-hydrogen) atoms. The zero-order valence-electron chi connectivity index (χ0n) is 18.6. The van der Waals surface area contributed by atoms with Crippen LogP contribution in [0.15, 0.2) is 24.3 Å². The Bertz CT molecular complexity index is 550. The third kappa shape index (κ3) is 11.4. The zero-order valence-corrected chi connectivity index (χ0v) is 18.6. The molecule has 1 aromatic rings. The molecule has 0 saturated carbocycles. The average molecular weight is 402 g/mol. The SMILES string of the molecule is CC(C)(C)OOC(C)(C)OOc1cccc(OOC(C)(C)OOC(C)(C)C)c1. The van der Waals surface area contributed by atoms with Crippen molar-refractivity contribution in [3.63, 3.8) is 0 Å². The minimum Gasteiger partial charge on any atom is -0.334 e. The molecule has 0 N–H and O–H groups in total. The highest BCUT2D eigenvalue weighted by Crippen LogP contribution is 2.25. The quantitative estimate of drug-likeness (QED) is 0.298. The molecule has 8 heteroatoms. The van der Waals surface area contributed by atoms with Crippen molar-refractivity contribution in [2.24, 2.45) is 0 Å². The van der Waals surface area contributed by atoms with E-state index >= 15 is 0 Å². The summed E-state index contributed by atoms with van der Waals surface area (Å²) in [4.78, 5) is 42.2. The van der Waals surface area contributed by atoms with Crippen molar-refractivity contribution in [1.29, 1.82) is 0 Å². The van der Waals surface area contributed by atoms with Crippen molar-refractivity contribution in [1.82, 2.24) is 0 Å². The normalized spacial score (nSPS) is 13.5. The third-order valence-electron chi connectivity index (χ3n) is 2.47. The van der Waals surface area contributed by atoms with Gasteiger partial charge in [0.25, 0.3) is 0 Å². The summed E-state index contributed by atoms with van der Waals surface area (Å²) in [7, 11) is 0. The molecule has 8 nitrogen and oxygen atoms in total. The van der Waals surface area contributed by atoms with E-state index in [-0.39, 0.29) is 0 Å². The Hall–Kier alpha value is -1.42. The van der Waals surface area contributed by atoms with Gasteiger partial charge in [0.2, 0.25) is 11.6 Å². The molecule has 1 aromatic carbocycles. The molecule has 0 aliphatic heterocycles. The number of hydrogen-bond donors (Lipinski definition) is 0. The standard InChI is InChI=1S/C20H34O8/c1-17(2,3)23-27-19(7,8)25-21-15-12-11-13-16(14-15)22-26-20(9,10)28-24-18(4,5)6/h11-14H,1-10H3. The Morgan fingerprint density at radius 1 is 0.500 bits per heavy atom. The van der Waals surface area contributed by atoms with E-state index in [1.54, 1.807) is 52.0 Å². The van der Waals surface area contributed by atoms with Gasteiger partial charge in [-0.05, 0) is 81.4 Å². The van der Waals surface area contributed by atoms with Crippen LogP contribution in [0.1, 0.15) is 69.2 Å². The van der Waals surface area contributed by atoms with E-state index in [2.05, 4.69) is 0 Å². The molecule has 0 aliphatic rings. The van der Waals surface area contributed by atoms with Gasteiger partial charge in [-0.1, -0.05) is 6.07 Å². The van der Waals surface area contributed by atoms with Gasteiger partial charge in [-0.3, -0.25) is 0 Å². The zero-order chi connectivity index (χ0) is 21.6. The van der Waals surface area contributed by atoms with E-state index in [1.165, 1.54) is 0 Å². The lowest BCUT2D eigenvalue weighted by atomic mass is 10.2. The van der Waals surface area contributed by atoms with Crippen LogP contribution in [0.2, 0.25) is 0 Å². The first kappa shape index (κ1) is 24.6. The maximum Gasteiger partial charge on any atom is 0.239 e. The summed E-state index contributed by atoms with van der Waals surface area (Å²) in [6.07, 6.45) is 0. The van der Waals surface area contributed by atoms with Crippen molar-refractivity contribution in [3.05, 3.63) is 24.3 Å². The van der Waals surface area contributed by atoms with Gasteiger partial charge < -0.3 is 9.78 Å². The Balaban J connectivity index is 2.55. The molecular weight excluding hydrogens is 368 g/mol. The Kier molecular flexibility index (Phi) is 8.25. The lowest BCUT2D eigenvalue weighted by Crippen LogP contribution is -2.34. The summed E-state index contributed by atoms with van der Waals surface area (Å²) >= 11 is 0. The van der Waals surface area contributed by atoms with E-state index in [0.29, 0.717) is 11.5 Å². The van der Waals surface area contributed by atoms with Crippen LogP contribution < -0.4 is 9.78 Å². The lowest BCUT2D eigenvalue weighted by Gasteiger charge is -2.27. The number of benzene rings is 1. The molecule has 162 valence electrons. The fraction of sp³-hybridized carbons (Fsp3) is 0.700. The van der Waals surface area contributed by atoms with Crippen LogP contribution in [0.5, 0.6) is 11.5 Å². The molecule has 0 atom stereocenters. The second-order valence-corrected chi connectivity index (χ2v) is 9.17. The Morgan fingerprint density at radius 2 is 0.857 bits per heavy atom. The molecule has 0 saturated heterocycles. The number of hydrogen-bond acceptors (Lipinski definition) is 8. The summed E-state index contributed by atoms with van der Waals surface area (Å²) in [6, 6.07) is 6.69. The van der Waals surface area contributed by atoms with Crippen LogP contribution in [0, 0.1) is 0 Å². The molecule has 1 rings (SSSR count). The van der Waals surface area contributed by atoms with Crippen LogP contribution in [-0.4, -0.2) is 22.8 Å². The first-order chi connectivity index (χ1) is 12.6. The smallest absolute Gasteiger partial charge is 0.239 e. The van der Waals surface area contributed by atoms with E-state index in [9.17, 15) is 0 Å². The first-order valence-electron chi connectivity index (χ1n) is 9.12. The van der Waals surface area contributed by atoms with Gasteiger partial charge in [0.15, 0.2) is 11.5 Å². The van der Waals surface area contributed by atoms with Crippen molar-refractivity contribution >= 4 is 0 Å². The maximum absolute atomic E-state index is 5.30. The Morgan fingerprint density at radius 3 is 1.18 bits per heavy atom. The van der Waals surface area contributed by atoms with Crippen molar-refractivity contribution < 1.29 is 39.1 Å². The highest BCUT2D eigenvalue weighted by atomic mass is 17.3. The molecule has 0 aromatic heterocycles. The van der Waals surface area contributed by atoms with Crippen molar-refractivity contribution in [2.75, 3.05) is 0 Å². The minimum absolute atomic E-state index is 0.387. The van der Waals surface area contributed by atoms with Gasteiger partial charge in [-0.2, -0.15) is 19.6 Å². The summed E-state index contributed by atoms with van der Waals surface area (Å²) in [5, 5.41) is 0. The predicted molar refractivity (Wildman–Crippen MR) is 102 cm³/mol. The minimum atomic E-state index is -1.12. The average Bonchev–Trinajstić information content (AvgIpc) is 2.55. The van der Waals surface area contributed by atoms with E-state index in [4.69, 9.17) is 39.1 Å². The van der Waals surface area contributed by atoms with Gasteiger partial charge >= 0.3 is 0 Å². The first-order valence-corrected chi connectivity index (χ1v) is 9.12. The van der Waals surface area contributed by atoms with E-state index < -0.39 is 22.8 Å². The van der Waals surface area contributed by atoms with Crippen LogP contribution >= 0.6 is 0 Å². The van der Waals surface area contributed by atoms with Crippen LogP contribution in [0.25, 0.3) is 0 Å². The Labute approximate surface area is 167 Å². The molecular formula is C20H34O8. The molecule has 0 radical (unpaired) electrons. The highest BCUT2D eigenvalue weighted by molar-refractivity contribution is 5.32. The van der Waals surface area contributed by atoms with Gasteiger partial charge in [0.1, 0.15) is 0 Å². The summed E-state index contributed by atoms with van der Waals surface area (Å²) in [5.41, 5.74) is -0.950. The lowest BCUT2D eigenvalue weighted by molar-refractivity contribution is -0.497. The van der Waals surface area contributed by atoms with Crippen LogP contribution in [0.4, 0.5) is 0 Å². The van der Waals surface area contributed by atoms with Crippen LogP contribution in [-0.2, 0) is 29.3 Å². The fourth-order valence-corrected chi connectivity index (χ4v) is 1.35. The van der Waals surface area contributed by atoms with Gasteiger partial charge in [0, 0.05) is 6.07 Å². The van der Waals surface area contributed by atoms with Crippen molar-refractivity contribution in [3.8, 4) is 11.5 Å². The topological polar surface area (TPSA) is 73.8 Å². The number of rotatable bonds is 10. The van der Waals surface area contributed by atoms with Gasteiger partial charge in [0.05, 0.1) is 11.2 Å². The molecule has 0 bridgehead atoms. The van der Waals surface area contributed by atoms with Gasteiger partial charge in [-0.25, -0.2) is 9.78 Å². The summed E-state index contributed by atoms with van der Waals surface area (Å²) in [6.45, 7) is 17.8. The fourth-order valence-electron chi connectivity index (χ4n) is 1.35. The maximum atomic E-state index is 5.30. The monoisotopic (exact) mass is 402 g/mol.